The lowest BCUT2D eigenvalue weighted by molar-refractivity contribution is 0.102. The Bertz CT molecular complexity index is 891. The summed E-state index contributed by atoms with van der Waals surface area (Å²) < 4.78 is 26.6. The number of benzene rings is 2. The Morgan fingerprint density at radius 2 is 1.92 bits per heavy atom. The third kappa shape index (κ3) is 4.09. The first-order chi connectivity index (χ1) is 12.1. The molecule has 6 heteroatoms. The zero-order chi connectivity index (χ0) is 17.8. The largest absolute Gasteiger partial charge is 0.298 e. The maximum absolute atomic E-state index is 13.7. The number of carbonyl (C=O) groups is 1. The van der Waals surface area contributed by atoms with Crippen LogP contribution in [0.1, 0.15) is 29.3 Å². The third-order valence-electron chi connectivity index (χ3n) is 3.69. The van der Waals surface area contributed by atoms with Crippen LogP contribution in [0.25, 0.3) is 11.3 Å². The molecule has 0 unspecified atom stereocenters. The third-order valence-corrected chi connectivity index (χ3v) is 4.45. The number of amides is 1. The molecule has 0 spiro atoms. The Hall–Kier alpha value is -2.60. The summed E-state index contributed by atoms with van der Waals surface area (Å²) in [5.74, 6) is -2.28. The van der Waals surface area contributed by atoms with Gasteiger partial charge >= 0.3 is 0 Å². The molecule has 0 atom stereocenters. The lowest BCUT2D eigenvalue weighted by atomic mass is 10.1. The Morgan fingerprint density at radius 3 is 2.60 bits per heavy atom. The molecule has 128 valence electrons. The molecule has 0 saturated carbocycles. The zero-order valence-electron chi connectivity index (χ0n) is 13.6. The van der Waals surface area contributed by atoms with Crippen molar-refractivity contribution in [1.29, 1.82) is 0 Å². The molecule has 0 aliphatic rings. The Morgan fingerprint density at radius 1 is 1.16 bits per heavy atom. The van der Waals surface area contributed by atoms with E-state index < -0.39 is 17.5 Å². The molecule has 1 N–H and O–H groups in total. The van der Waals surface area contributed by atoms with Crippen LogP contribution in [0.2, 0.25) is 0 Å². The molecule has 0 saturated heterocycles. The van der Waals surface area contributed by atoms with Gasteiger partial charge in [0, 0.05) is 17.0 Å². The second kappa shape index (κ2) is 7.53. The van der Waals surface area contributed by atoms with Crippen LogP contribution in [0.15, 0.2) is 47.8 Å². The Labute approximate surface area is 148 Å². The van der Waals surface area contributed by atoms with Gasteiger partial charge in [-0.2, -0.15) is 0 Å². The van der Waals surface area contributed by atoms with Crippen molar-refractivity contribution in [3.05, 3.63) is 70.6 Å². The van der Waals surface area contributed by atoms with Crippen LogP contribution >= 0.6 is 11.3 Å². The topological polar surface area (TPSA) is 42.0 Å². The van der Waals surface area contributed by atoms with E-state index in [1.807, 2.05) is 17.5 Å². The van der Waals surface area contributed by atoms with Gasteiger partial charge in [-0.1, -0.05) is 37.6 Å². The van der Waals surface area contributed by atoms with Crippen molar-refractivity contribution in [3.63, 3.8) is 0 Å². The van der Waals surface area contributed by atoms with Crippen LogP contribution in [0.3, 0.4) is 0 Å². The number of rotatable bonds is 5. The minimum absolute atomic E-state index is 0.220. The Kier molecular flexibility index (Phi) is 5.19. The summed E-state index contributed by atoms with van der Waals surface area (Å²) >= 11 is 1.25. The minimum atomic E-state index is -0.902. The van der Waals surface area contributed by atoms with Gasteiger partial charge in [0.15, 0.2) is 5.13 Å². The van der Waals surface area contributed by atoms with Crippen LogP contribution in [0.4, 0.5) is 13.9 Å². The van der Waals surface area contributed by atoms with Crippen LogP contribution in [0, 0.1) is 11.6 Å². The number of hydrogen-bond acceptors (Lipinski definition) is 3. The maximum atomic E-state index is 13.7. The van der Waals surface area contributed by atoms with Crippen LogP contribution in [-0.2, 0) is 6.42 Å². The molecule has 3 nitrogen and oxygen atoms in total. The van der Waals surface area contributed by atoms with Crippen molar-refractivity contribution in [2.75, 3.05) is 5.32 Å². The summed E-state index contributed by atoms with van der Waals surface area (Å²) in [6, 6.07) is 10.9. The van der Waals surface area contributed by atoms with Gasteiger partial charge in [-0.15, -0.1) is 11.3 Å². The van der Waals surface area contributed by atoms with E-state index >= 15 is 0 Å². The molecule has 0 aliphatic carbocycles. The summed E-state index contributed by atoms with van der Waals surface area (Å²) in [5.41, 5.74) is 2.73. The molecule has 3 rings (SSSR count). The van der Waals surface area contributed by atoms with Crippen molar-refractivity contribution >= 4 is 22.4 Å². The van der Waals surface area contributed by atoms with Crippen molar-refractivity contribution < 1.29 is 13.6 Å². The minimum Gasteiger partial charge on any atom is -0.298 e. The van der Waals surface area contributed by atoms with Crippen LogP contribution in [0.5, 0.6) is 0 Å². The second-order valence-electron chi connectivity index (χ2n) is 5.56. The molecule has 0 aliphatic heterocycles. The number of aryl methyl sites for hydroxylation is 1. The summed E-state index contributed by atoms with van der Waals surface area (Å²) in [7, 11) is 0. The molecule has 1 amide bonds. The molecule has 1 heterocycles. The average Bonchev–Trinajstić information content (AvgIpc) is 3.04. The number of nitrogens with zero attached hydrogens (tertiary/aromatic N) is 1. The van der Waals surface area contributed by atoms with E-state index in [1.165, 1.54) is 16.9 Å². The summed E-state index contributed by atoms with van der Waals surface area (Å²) in [5, 5.41) is 4.73. The first kappa shape index (κ1) is 17.2. The van der Waals surface area contributed by atoms with E-state index in [2.05, 4.69) is 29.4 Å². The fourth-order valence-electron chi connectivity index (χ4n) is 2.43. The highest BCUT2D eigenvalue weighted by atomic mass is 32.1. The maximum Gasteiger partial charge on any atom is 0.260 e. The van der Waals surface area contributed by atoms with Crippen LogP contribution in [-0.4, -0.2) is 10.9 Å². The number of anilines is 1. The number of nitrogens with one attached hydrogen (secondary N) is 1. The highest BCUT2D eigenvalue weighted by Gasteiger charge is 2.14. The number of hydrogen-bond donors (Lipinski definition) is 1. The van der Waals surface area contributed by atoms with E-state index in [1.54, 1.807) is 0 Å². The second-order valence-corrected chi connectivity index (χ2v) is 6.42. The smallest absolute Gasteiger partial charge is 0.260 e. The lowest BCUT2D eigenvalue weighted by Gasteiger charge is -2.03. The van der Waals surface area contributed by atoms with Gasteiger partial charge in [0.1, 0.15) is 11.6 Å². The molecule has 0 radical (unpaired) electrons. The van der Waals surface area contributed by atoms with E-state index in [0.29, 0.717) is 11.2 Å². The molecule has 2 aromatic carbocycles. The monoisotopic (exact) mass is 358 g/mol. The van der Waals surface area contributed by atoms with Gasteiger partial charge in [0.2, 0.25) is 0 Å². The van der Waals surface area contributed by atoms with Gasteiger partial charge in [-0.05, 0) is 24.1 Å². The number of aromatic nitrogens is 1. The molecule has 3 aromatic rings. The SMILES string of the molecule is CCCc1ccc(-c2csc(NC(=O)c3ccc(F)cc3F)n2)cc1. The fourth-order valence-corrected chi connectivity index (χ4v) is 3.15. The molecule has 0 bridgehead atoms. The van der Waals surface area contributed by atoms with Gasteiger partial charge in [0.25, 0.3) is 5.91 Å². The fraction of sp³-hybridized carbons (Fsp3) is 0.158. The van der Waals surface area contributed by atoms with Crippen molar-refractivity contribution in [3.8, 4) is 11.3 Å². The average molecular weight is 358 g/mol. The molecule has 1 aromatic heterocycles. The molecule has 0 fully saturated rings. The number of thiazole rings is 1. The van der Waals surface area contributed by atoms with Gasteiger partial charge in [-0.25, -0.2) is 13.8 Å². The zero-order valence-corrected chi connectivity index (χ0v) is 14.4. The number of carbonyl (C=O) groups excluding carboxylic acids is 1. The van der Waals surface area contributed by atoms with E-state index in [0.717, 1.165) is 36.2 Å². The van der Waals surface area contributed by atoms with E-state index in [-0.39, 0.29) is 5.56 Å². The summed E-state index contributed by atoms with van der Waals surface area (Å²) in [4.78, 5) is 16.5. The first-order valence-corrected chi connectivity index (χ1v) is 8.76. The normalized spacial score (nSPS) is 10.7. The first-order valence-electron chi connectivity index (χ1n) is 7.88. The van der Waals surface area contributed by atoms with Gasteiger partial charge in [-0.3, -0.25) is 10.1 Å². The van der Waals surface area contributed by atoms with Crippen molar-refractivity contribution in [1.82, 2.24) is 4.98 Å². The van der Waals surface area contributed by atoms with E-state index in [4.69, 9.17) is 0 Å². The lowest BCUT2D eigenvalue weighted by Crippen LogP contribution is -2.13. The van der Waals surface area contributed by atoms with E-state index in [9.17, 15) is 13.6 Å². The summed E-state index contributed by atoms with van der Waals surface area (Å²) in [6.45, 7) is 2.13. The van der Waals surface area contributed by atoms with Crippen LogP contribution < -0.4 is 5.32 Å². The number of halogens is 2. The van der Waals surface area contributed by atoms with Crippen molar-refractivity contribution in [2.45, 2.75) is 19.8 Å². The van der Waals surface area contributed by atoms with Gasteiger partial charge in [0.05, 0.1) is 11.3 Å². The van der Waals surface area contributed by atoms with Crippen molar-refractivity contribution in [2.24, 2.45) is 0 Å². The van der Waals surface area contributed by atoms with Gasteiger partial charge < -0.3 is 0 Å². The highest BCUT2D eigenvalue weighted by Crippen LogP contribution is 2.26. The molecular weight excluding hydrogens is 342 g/mol. The standard InChI is InChI=1S/C19H16F2N2OS/c1-2-3-12-4-6-13(7-5-12)17-11-25-19(22-17)23-18(24)15-9-8-14(20)10-16(15)21/h4-11H,2-3H2,1H3,(H,22,23,24). The summed E-state index contributed by atoms with van der Waals surface area (Å²) in [6.07, 6.45) is 2.12. The Balaban J connectivity index is 1.74. The molecular formula is C19H16F2N2OS. The predicted octanol–water partition coefficient (Wildman–Crippen LogP) is 5.29. The quantitative estimate of drug-likeness (QED) is 0.673. The molecule has 25 heavy (non-hydrogen) atoms. The highest BCUT2D eigenvalue weighted by molar-refractivity contribution is 7.14. The predicted molar refractivity (Wildman–Crippen MR) is 95.9 cm³/mol.